The Morgan fingerprint density at radius 2 is 1.62 bits per heavy atom. The Morgan fingerprint density at radius 3 is 2.35 bits per heavy atom. The van der Waals surface area contributed by atoms with Gasteiger partial charge >= 0.3 is 0 Å². The minimum Gasteiger partial charge on any atom is -0.459 e. The Hall–Kier alpha value is -4.46. The zero-order valence-electron chi connectivity index (χ0n) is 20.7. The molecule has 2 N–H and O–H groups in total. The van der Waals surface area contributed by atoms with E-state index in [-0.39, 0.29) is 11.7 Å². The van der Waals surface area contributed by atoms with Gasteiger partial charge in [0.25, 0.3) is 11.8 Å². The van der Waals surface area contributed by atoms with Crippen LogP contribution in [0.2, 0.25) is 0 Å². The summed E-state index contributed by atoms with van der Waals surface area (Å²) in [5, 5.41) is 5.96. The van der Waals surface area contributed by atoms with Crippen molar-refractivity contribution in [3.05, 3.63) is 89.9 Å². The molecule has 0 aliphatic carbocycles. The fraction of sp³-hybridized carbons (Fsp3) is 0.241. The number of benzene rings is 2. The Bertz CT molecular complexity index is 1520. The number of carbonyl (C=O) groups is 2. The molecule has 0 saturated heterocycles. The van der Waals surface area contributed by atoms with Crippen molar-refractivity contribution in [1.29, 1.82) is 0 Å². The van der Waals surface area contributed by atoms with E-state index in [0.29, 0.717) is 46.7 Å². The predicted molar refractivity (Wildman–Crippen MR) is 144 cm³/mol. The topological polar surface area (TPSA) is 102 Å². The summed E-state index contributed by atoms with van der Waals surface area (Å²) in [6.07, 6.45) is 5.60. The van der Waals surface area contributed by atoms with Crippen molar-refractivity contribution in [3.63, 3.8) is 0 Å². The summed E-state index contributed by atoms with van der Waals surface area (Å²) in [6.45, 7) is 3.08. The van der Waals surface area contributed by atoms with Crippen LogP contribution in [0.5, 0.6) is 0 Å². The Labute approximate surface area is 214 Å². The largest absolute Gasteiger partial charge is 0.459 e. The summed E-state index contributed by atoms with van der Waals surface area (Å²) in [7, 11) is 0. The lowest BCUT2D eigenvalue weighted by Crippen LogP contribution is -2.26. The number of aromatic nitrogens is 3. The van der Waals surface area contributed by atoms with Crippen LogP contribution in [0.1, 0.15) is 59.1 Å². The molecule has 0 aliphatic heterocycles. The minimum atomic E-state index is -0.455. The molecule has 2 amide bonds. The van der Waals surface area contributed by atoms with Crippen molar-refractivity contribution < 1.29 is 14.0 Å². The highest BCUT2D eigenvalue weighted by Crippen LogP contribution is 2.31. The molecule has 0 unspecified atom stereocenters. The Kier molecular flexibility index (Phi) is 7.26. The molecule has 3 aromatic heterocycles. The van der Waals surface area contributed by atoms with E-state index in [1.165, 1.54) is 6.26 Å². The first-order valence-corrected chi connectivity index (χ1v) is 12.6. The van der Waals surface area contributed by atoms with Gasteiger partial charge in [0, 0.05) is 6.54 Å². The van der Waals surface area contributed by atoms with E-state index in [2.05, 4.69) is 17.6 Å². The van der Waals surface area contributed by atoms with Crippen molar-refractivity contribution in [2.75, 3.05) is 11.9 Å². The van der Waals surface area contributed by atoms with Crippen LogP contribution >= 0.6 is 0 Å². The molecule has 0 bridgehead atoms. The molecule has 0 atom stereocenters. The van der Waals surface area contributed by atoms with E-state index in [1.54, 1.807) is 12.1 Å². The molecule has 5 rings (SSSR count). The van der Waals surface area contributed by atoms with Gasteiger partial charge in [0.1, 0.15) is 16.9 Å². The highest BCUT2D eigenvalue weighted by Gasteiger charge is 2.27. The smallest absolute Gasteiger partial charge is 0.292 e. The Morgan fingerprint density at radius 1 is 0.865 bits per heavy atom. The van der Waals surface area contributed by atoms with Gasteiger partial charge in [0.15, 0.2) is 11.4 Å². The van der Waals surface area contributed by atoms with E-state index in [0.717, 1.165) is 31.2 Å². The fourth-order valence-corrected chi connectivity index (χ4v) is 4.38. The summed E-state index contributed by atoms with van der Waals surface area (Å²) >= 11 is 0. The average molecular weight is 496 g/mol. The maximum atomic E-state index is 13.6. The first-order chi connectivity index (χ1) is 18.2. The van der Waals surface area contributed by atoms with Gasteiger partial charge in [-0.05, 0) is 36.2 Å². The molecule has 37 heavy (non-hydrogen) atoms. The second-order valence-corrected chi connectivity index (χ2v) is 8.93. The van der Waals surface area contributed by atoms with Crippen molar-refractivity contribution in [2.45, 2.75) is 39.2 Å². The molecule has 2 aromatic carbocycles. The number of hydrogen-bond donors (Lipinski definition) is 2. The van der Waals surface area contributed by atoms with E-state index in [1.807, 2.05) is 59.2 Å². The molecule has 5 aromatic rings. The molecular weight excluding hydrogens is 466 g/mol. The maximum Gasteiger partial charge on any atom is 0.292 e. The number of rotatable bonds is 10. The monoisotopic (exact) mass is 495 g/mol. The van der Waals surface area contributed by atoms with Gasteiger partial charge in [0.05, 0.1) is 23.8 Å². The summed E-state index contributed by atoms with van der Waals surface area (Å²) in [6, 6.07) is 20.6. The van der Waals surface area contributed by atoms with Crippen LogP contribution in [-0.2, 0) is 6.54 Å². The molecule has 0 fully saturated rings. The van der Waals surface area contributed by atoms with Crippen LogP contribution in [0.3, 0.4) is 0 Å². The van der Waals surface area contributed by atoms with Gasteiger partial charge in [-0.25, -0.2) is 9.97 Å². The summed E-state index contributed by atoms with van der Waals surface area (Å²) in [4.78, 5) is 36.4. The van der Waals surface area contributed by atoms with Crippen molar-refractivity contribution in [3.8, 4) is 0 Å². The van der Waals surface area contributed by atoms with Gasteiger partial charge in [-0.3, -0.25) is 9.59 Å². The minimum absolute atomic E-state index is 0.147. The lowest BCUT2D eigenvalue weighted by Gasteiger charge is -2.13. The quantitative estimate of drug-likeness (QED) is 0.239. The van der Waals surface area contributed by atoms with Gasteiger partial charge < -0.3 is 19.6 Å². The van der Waals surface area contributed by atoms with Crippen LogP contribution in [0.4, 0.5) is 5.82 Å². The second-order valence-electron chi connectivity index (χ2n) is 8.93. The predicted octanol–water partition coefficient (Wildman–Crippen LogP) is 5.79. The van der Waals surface area contributed by atoms with E-state index in [9.17, 15) is 9.59 Å². The molecule has 3 heterocycles. The van der Waals surface area contributed by atoms with Gasteiger partial charge in [-0.15, -0.1) is 0 Å². The standard InChI is InChI=1S/C29H29N5O3/c1-2-3-4-10-17-30-29(36)24-25-27(32-22-15-9-8-14-21(22)31-25)34(19-20-12-6-5-7-13-20)26(24)33-28(35)23-16-11-18-37-23/h5-9,11-16,18H,2-4,10,17,19H2,1H3,(H,30,36)(H,33,35). The van der Waals surface area contributed by atoms with Crippen LogP contribution in [0.25, 0.3) is 22.2 Å². The number of anilines is 1. The number of fused-ring (bicyclic) bond motifs is 2. The number of nitrogens with zero attached hydrogens (tertiary/aromatic N) is 3. The normalized spacial score (nSPS) is 11.2. The number of furan rings is 1. The molecule has 8 heteroatoms. The fourth-order valence-electron chi connectivity index (χ4n) is 4.38. The average Bonchev–Trinajstić information content (AvgIpc) is 3.55. The van der Waals surface area contributed by atoms with Crippen molar-refractivity contribution in [1.82, 2.24) is 19.9 Å². The SMILES string of the molecule is CCCCCCNC(=O)c1c(NC(=O)c2ccco2)n(Cc2ccccc2)c2nc3ccccc3nc12. The molecule has 188 valence electrons. The number of unbranched alkanes of at least 4 members (excludes halogenated alkanes) is 3. The van der Waals surface area contributed by atoms with Crippen LogP contribution in [0, 0.1) is 0 Å². The number of para-hydroxylation sites is 2. The highest BCUT2D eigenvalue weighted by atomic mass is 16.3. The second kappa shape index (κ2) is 11.1. The lowest BCUT2D eigenvalue weighted by molar-refractivity contribution is 0.0955. The number of carbonyl (C=O) groups excluding carboxylic acids is 2. The summed E-state index contributed by atoms with van der Waals surface area (Å²) in [5.74, 6) is -0.272. The van der Waals surface area contributed by atoms with Crippen LogP contribution < -0.4 is 10.6 Å². The zero-order chi connectivity index (χ0) is 25.6. The molecule has 0 spiro atoms. The first-order valence-electron chi connectivity index (χ1n) is 12.6. The molecule has 0 radical (unpaired) electrons. The molecular formula is C29H29N5O3. The molecule has 0 saturated carbocycles. The zero-order valence-corrected chi connectivity index (χ0v) is 20.7. The third-order valence-corrected chi connectivity index (χ3v) is 6.25. The molecule has 8 nitrogen and oxygen atoms in total. The van der Waals surface area contributed by atoms with Gasteiger partial charge in [-0.2, -0.15) is 0 Å². The lowest BCUT2D eigenvalue weighted by atomic mass is 10.2. The van der Waals surface area contributed by atoms with E-state index >= 15 is 0 Å². The third kappa shape index (κ3) is 5.23. The number of hydrogen-bond acceptors (Lipinski definition) is 5. The van der Waals surface area contributed by atoms with Crippen molar-refractivity contribution >= 4 is 39.8 Å². The van der Waals surface area contributed by atoms with Gasteiger partial charge in [0.2, 0.25) is 0 Å². The Balaban J connectivity index is 1.65. The summed E-state index contributed by atoms with van der Waals surface area (Å²) in [5.41, 5.74) is 3.63. The molecule has 0 aliphatic rings. The first kappa shape index (κ1) is 24.2. The highest BCUT2D eigenvalue weighted by molar-refractivity contribution is 6.14. The van der Waals surface area contributed by atoms with E-state index in [4.69, 9.17) is 14.4 Å². The van der Waals surface area contributed by atoms with E-state index < -0.39 is 5.91 Å². The van der Waals surface area contributed by atoms with Crippen LogP contribution in [-0.4, -0.2) is 32.9 Å². The third-order valence-electron chi connectivity index (χ3n) is 6.25. The number of nitrogens with one attached hydrogen (secondary N) is 2. The van der Waals surface area contributed by atoms with Gasteiger partial charge in [-0.1, -0.05) is 68.7 Å². The number of amides is 2. The maximum absolute atomic E-state index is 13.6. The van der Waals surface area contributed by atoms with Crippen molar-refractivity contribution in [2.24, 2.45) is 0 Å². The van der Waals surface area contributed by atoms with Crippen LogP contribution in [0.15, 0.2) is 77.4 Å². The summed E-state index contributed by atoms with van der Waals surface area (Å²) < 4.78 is 7.16.